The van der Waals surface area contributed by atoms with Gasteiger partial charge < -0.3 is 4.74 Å². The van der Waals surface area contributed by atoms with Gasteiger partial charge in [-0.2, -0.15) is 9.65 Å². The Kier molecular flexibility index (Phi) is 3.54. The Bertz CT molecular complexity index is 605. The molecule has 18 heavy (non-hydrogen) atoms. The molecular weight excluding hydrogens is 231 g/mol. The number of hydrogen-bond acceptors (Lipinski definition) is 3. The van der Waals surface area contributed by atoms with Gasteiger partial charge in [-0.25, -0.2) is 4.98 Å². The van der Waals surface area contributed by atoms with Gasteiger partial charge in [-0.3, -0.25) is 0 Å². The lowest BCUT2D eigenvalue weighted by atomic mass is 10.1. The largest absolute Gasteiger partial charge is 0.484 e. The van der Waals surface area contributed by atoms with Gasteiger partial charge in [0.05, 0.1) is 11.6 Å². The van der Waals surface area contributed by atoms with E-state index < -0.39 is 5.95 Å². The van der Waals surface area contributed by atoms with Crippen LogP contribution < -0.4 is 4.74 Å². The SMILES string of the molecule is Cc1cc(C#N)ccc1COc1cccnc1F. The molecule has 0 saturated carbocycles. The van der Waals surface area contributed by atoms with Gasteiger partial charge in [-0.1, -0.05) is 6.07 Å². The first-order valence-electron chi connectivity index (χ1n) is 5.43. The second kappa shape index (κ2) is 5.28. The van der Waals surface area contributed by atoms with Gasteiger partial charge in [-0.15, -0.1) is 0 Å². The molecule has 0 aliphatic rings. The summed E-state index contributed by atoms with van der Waals surface area (Å²) >= 11 is 0. The summed E-state index contributed by atoms with van der Waals surface area (Å²) in [6.45, 7) is 2.14. The molecule has 1 aromatic heterocycles. The van der Waals surface area contributed by atoms with E-state index >= 15 is 0 Å². The molecular formula is C14H11FN2O. The number of halogens is 1. The zero-order valence-corrected chi connectivity index (χ0v) is 9.85. The summed E-state index contributed by atoms with van der Waals surface area (Å²) in [6.07, 6.45) is 1.37. The van der Waals surface area contributed by atoms with Crippen LogP contribution in [0.4, 0.5) is 4.39 Å². The van der Waals surface area contributed by atoms with Gasteiger partial charge in [0.25, 0.3) is 5.95 Å². The molecule has 1 heterocycles. The van der Waals surface area contributed by atoms with Crippen molar-refractivity contribution in [2.75, 3.05) is 0 Å². The molecule has 90 valence electrons. The van der Waals surface area contributed by atoms with Crippen LogP contribution in [0.25, 0.3) is 0 Å². The summed E-state index contributed by atoms with van der Waals surface area (Å²) < 4.78 is 18.6. The standard InChI is InChI=1S/C14H11FN2O/c1-10-7-11(8-16)4-5-12(10)9-18-13-3-2-6-17-14(13)15/h2-7H,9H2,1H3. The van der Waals surface area contributed by atoms with E-state index in [2.05, 4.69) is 11.1 Å². The fourth-order valence-electron chi connectivity index (χ4n) is 1.56. The Balaban J connectivity index is 2.12. The van der Waals surface area contributed by atoms with E-state index in [1.54, 1.807) is 18.2 Å². The third-order valence-corrected chi connectivity index (χ3v) is 2.58. The Labute approximate surface area is 104 Å². The van der Waals surface area contributed by atoms with Crippen LogP contribution in [0.15, 0.2) is 36.5 Å². The average Bonchev–Trinajstić information content (AvgIpc) is 2.39. The summed E-state index contributed by atoms with van der Waals surface area (Å²) in [5.41, 5.74) is 2.46. The maximum absolute atomic E-state index is 13.2. The van der Waals surface area contributed by atoms with Crippen molar-refractivity contribution < 1.29 is 9.13 Å². The lowest BCUT2D eigenvalue weighted by Gasteiger charge is -2.09. The molecule has 4 heteroatoms. The van der Waals surface area contributed by atoms with Crippen molar-refractivity contribution in [1.29, 1.82) is 5.26 Å². The fourth-order valence-corrected chi connectivity index (χ4v) is 1.56. The molecule has 1 aromatic carbocycles. The molecule has 0 spiro atoms. The van der Waals surface area contributed by atoms with Crippen LogP contribution in [0, 0.1) is 24.2 Å². The predicted octanol–water partition coefficient (Wildman–Crippen LogP) is 2.98. The lowest BCUT2D eigenvalue weighted by molar-refractivity contribution is 0.285. The van der Waals surface area contributed by atoms with Gasteiger partial charge in [0.2, 0.25) is 0 Å². The van der Waals surface area contributed by atoms with Crippen LogP contribution >= 0.6 is 0 Å². The van der Waals surface area contributed by atoms with Gasteiger partial charge in [-0.05, 0) is 42.3 Å². The number of ether oxygens (including phenoxy) is 1. The number of benzene rings is 1. The molecule has 0 saturated heterocycles. The number of aryl methyl sites for hydroxylation is 1. The third kappa shape index (κ3) is 2.64. The smallest absolute Gasteiger partial charge is 0.255 e. The third-order valence-electron chi connectivity index (χ3n) is 2.58. The van der Waals surface area contributed by atoms with Crippen molar-refractivity contribution in [3.8, 4) is 11.8 Å². The van der Waals surface area contributed by atoms with E-state index in [9.17, 15) is 4.39 Å². The highest BCUT2D eigenvalue weighted by molar-refractivity contribution is 5.37. The Morgan fingerprint density at radius 1 is 1.39 bits per heavy atom. The van der Waals surface area contributed by atoms with Crippen LogP contribution in [0.5, 0.6) is 5.75 Å². The quantitative estimate of drug-likeness (QED) is 0.777. The molecule has 0 amide bonds. The zero-order chi connectivity index (χ0) is 13.0. The number of nitriles is 1. The highest BCUT2D eigenvalue weighted by atomic mass is 19.1. The molecule has 3 nitrogen and oxygen atoms in total. The molecule has 2 aromatic rings. The Hall–Kier alpha value is -2.41. The molecule has 0 bridgehead atoms. The minimum atomic E-state index is -0.621. The Morgan fingerprint density at radius 3 is 2.89 bits per heavy atom. The second-order valence-electron chi connectivity index (χ2n) is 3.83. The fraction of sp³-hybridized carbons (Fsp3) is 0.143. The van der Waals surface area contributed by atoms with Crippen LogP contribution in [0.2, 0.25) is 0 Å². The number of pyridine rings is 1. The van der Waals surface area contributed by atoms with Crippen molar-refractivity contribution in [2.24, 2.45) is 0 Å². The Morgan fingerprint density at radius 2 is 2.22 bits per heavy atom. The van der Waals surface area contributed by atoms with Crippen molar-refractivity contribution in [2.45, 2.75) is 13.5 Å². The van der Waals surface area contributed by atoms with Crippen LogP contribution in [0.1, 0.15) is 16.7 Å². The van der Waals surface area contributed by atoms with Crippen molar-refractivity contribution in [3.05, 3.63) is 59.2 Å². The van der Waals surface area contributed by atoms with Crippen LogP contribution in [0.3, 0.4) is 0 Å². The number of aromatic nitrogens is 1. The van der Waals surface area contributed by atoms with Crippen molar-refractivity contribution in [1.82, 2.24) is 4.98 Å². The van der Waals surface area contributed by atoms with Gasteiger partial charge in [0.1, 0.15) is 6.61 Å². The van der Waals surface area contributed by atoms with Crippen LogP contribution in [-0.2, 0) is 6.61 Å². The molecule has 0 aliphatic heterocycles. The minimum Gasteiger partial charge on any atom is -0.484 e. The summed E-state index contributed by atoms with van der Waals surface area (Å²) in [5.74, 6) is -0.495. The summed E-state index contributed by atoms with van der Waals surface area (Å²) in [5, 5.41) is 8.76. The maximum atomic E-state index is 13.2. The first-order chi connectivity index (χ1) is 8.70. The topological polar surface area (TPSA) is 45.9 Å². The summed E-state index contributed by atoms with van der Waals surface area (Å²) in [7, 11) is 0. The second-order valence-corrected chi connectivity index (χ2v) is 3.83. The average molecular weight is 242 g/mol. The van der Waals surface area contributed by atoms with E-state index in [0.717, 1.165) is 11.1 Å². The predicted molar refractivity (Wildman–Crippen MR) is 64.4 cm³/mol. The summed E-state index contributed by atoms with van der Waals surface area (Å²) in [6, 6.07) is 10.5. The van der Waals surface area contributed by atoms with E-state index in [1.165, 1.54) is 12.3 Å². The van der Waals surface area contributed by atoms with Gasteiger partial charge in [0, 0.05) is 6.20 Å². The summed E-state index contributed by atoms with van der Waals surface area (Å²) in [4.78, 5) is 3.51. The van der Waals surface area contributed by atoms with Gasteiger partial charge >= 0.3 is 0 Å². The first-order valence-corrected chi connectivity index (χ1v) is 5.43. The number of nitrogens with zero attached hydrogens (tertiary/aromatic N) is 2. The van der Waals surface area contributed by atoms with Gasteiger partial charge in [0.15, 0.2) is 5.75 Å². The van der Waals surface area contributed by atoms with Crippen molar-refractivity contribution >= 4 is 0 Å². The molecule has 2 rings (SSSR count). The van der Waals surface area contributed by atoms with E-state index in [1.807, 2.05) is 13.0 Å². The van der Waals surface area contributed by atoms with E-state index in [0.29, 0.717) is 5.56 Å². The highest BCUT2D eigenvalue weighted by Gasteiger charge is 2.05. The number of hydrogen-bond donors (Lipinski definition) is 0. The molecule has 0 aliphatic carbocycles. The molecule has 0 N–H and O–H groups in total. The highest BCUT2D eigenvalue weighted by Crippen LogP contribution is 2.17. The van der Waals surface area contributed by atoms with E-state index in [4.69, 9.17) is 10.00 Å². The first kappa shape index (κ1) is 12.1. The molecule has 0 unspecified atom stereocenters. The lowest BCUT2D eigenvalue weighted by Crippen LogP contribution is -2.00. The number of rotatable bonds is 3. The zero-order valence-electron chi connectivity index (χ0n) is 9.85. The normalized spacial score (nSPS) is 9.83. The maximum Gasteiger partial charge on any atom is 0.255 e. The molecule has 0 atom stereocenters. The van der Waals surface area contributed by atoms with Crippen molar-refractivity contribution in [3.63, 3.8) is 0 Å². The molecule has 0 radical (unpaired) electrons. The minimum absolute atomic E-state index is 0.126. The van der Waals surface area contributed by atoms with Crippen LogP contribution in [-0.4, -0.2) is 4.98 Å². The monoisotopic (exact) mass is 242 g/mol. The molecule has 0 fully saturated rings. The van der Waals surface area contributed by atoms with E-state index in [-0.39, 0.29) is 12.4 Å².